The Balaban J connectivity index is 2.14. The smallest absolute Gasteiger partial charge is 0.339 e. The van der Waals surface area contributed by atoms with Crippen LogP contribution in [-0.4, -0.2) is 26.0 Å². The van der Waals surface area contributed by atoms with Crippen molar-refractivity contribution >= 4 is 5.97 Å². The number of hydrogen-bond donors (Lipinski definition) is 1. The maximum atomic E-state index is 11.2. The van der Waals surface area contributed by atoms with E-state index in [0.29, 0.717) is 17.3 Å². The molecule has 0 amide bonds. The van der Waals surface area contributed by atoms with Gasteiger partial charge in [0.2, 0.25) is 0 Å². The summed E-state index contributed by atoms with van der Waals surface area (Å²) >= 11 is 0. The molecule has 1 fully saturated rings. The topological polar surface area (TPSA) is 76.0 Å². The molecule has 2 aromatic rings. The monoisotopic (exact) mass is 241 g/mol. The number of pyridine rings is 1. The molecule has 90 valence electrons. The molecular weight excluding hydrogens is 230 g/mol. The van der Waals surface area contributed by atoms with E-state index in [1.165, 1.54) is 6.20 Å². The molecule has 1 aliphatic carbocycles. The minimum atomic E-state index is -1.03. The first-order chi connectivity index (χ1) is 8.75. The molecule has 5 nitrogen and oxygen atoms in total. The third-order valence-electron chi connectivity index (χ3n) is 2.89. The van der Waals surface area contributed by atoms with E-state index >= 15 is 0 Å². The highest BCUT2D eigenvalue weighted by Crippen LogP contribution is 2.38. The Hall–Kier alpha value is -2.30. The Morgan fingerprint density at radius 2 is 2.11 bits per heavy atom. The normalized spacial score (nSPS) is 14.4. The van der Waals surface area contributed by atoms with Gasteiger partial charge < -0.3 is 5.11 Å². The predicted octanol–water partition coefficient (Wildman–Crippen LogP) is 2.11. The van der Waals surface area contributed by atoms with Gasteiger partial charge in [-0.05, 0) is 25.0 Å². The molecule has 0 radical (unpaired) electrons. The Kier molecular flexibility index (Phi) is 2.51. The average molecular weight is 241 g/mol. The van der Waals surface area contributed by atoms with Crippen molar-refractivity contribution in [3.05, 3.63) is 42.0 Å². The summed E-state index contributed by atoms with van der Waals surface area (Å²) < 4.78 is 0. The van der Waals surface area contributed by atoms with E-state index in [4.69, 9.17) is 5.11 Å². The van der Waals surface area contributed by atoms with E-state index in [1.54, 1.807) is 18.3 Å². The van der Waals surface area contributed by atoms with Crippen LogP contribution < -0.4 is 0 Å². The largest absolute Gasteiger partial charge is 0.478 e. The summed E-state index contributed by atoms with van der Waals surface area (Å²) in [5, 5.41) is 9.16. The molecule has 18 heavy (non-hydrogen) atoms. The van der Waals surface area contributed by atoms with Gasteiger partial charge in [-0.1, -0.05) is 6.07 Å². The van der Waals surface area contributed by atoms with E-state index in [2.05, 4.69) is 15.0 Å². The highest BCUT2D eigenvalue weighted by molar-refractivity contribution is 5.93. The molecule has 0 spiro atoms. The molecular formula is C13H11N3O2. The Morgan fingerprint density at radius 1 is 1.28 bits per heavy atom. The van der Waals surface area contributed by atoms with Gasteiger partial charge in [-0.15, -0.1) is 0 Å². The van der Waals surface area contributed by atoms with Crippen molar-refractivity contribution in [3.8, 4) is 11.4 Å². The van der Waals surface area contributed by atoms with E-state index in [0.717, 1.165) is 18.7 Å². The first-order valence-electron chi connectivity index (χ1n) is 5.77. The van der Waals surface area contributed by atoms with Crippen LogP contribution in [0, 0.1) is 0 Å². The standard InChI is InChI=1S/C13H11N3O2/c17-13(18)9-7-15-12(8-4-5-8)16-11(9)10-3-1-2-6-14-10/h1-3,6-8H,4-5H2,(H,17,18). The van der Waals surface area contributed by atoms with Crippen LogP contribution in [0.25, 0.3) is 11.4 Å². The fourth-order valence-electron chi connectivity index (χ4n) is 1.79. The second kappa shape index (κ2) is 4.18. The number of carbonyl (C=O) groups is 1. The average Bonchev–Trinajstić information content (AvgIpc) is 3.23. The van der Waals surface area contributed by atoms with Crippen LogP contribution in [0.15, 0.2) is 30.6 Å². The van der Waals surface area contributed by atoms with Crippen molar-refractivity contribution in [2.75, 3.05) is 0 Å². The lowest BCUT2D eigenvalue weighted by Gasteiger charge is -2.06. The molecule has 2 aromatic heterocycles. The number of nitrogens with zero attached hydrogens (tertiary/aromatic N) is 3. The lowest BCUT2D eigenvalue weighted by Crippen LogP contribution is -2.06. The summed E-state index contributed by atoms with van der Waals surface area (Å²) in [5.41, 5.74) is 1.07. The van der Waals surface area contributed by atoms with Crippen molar-refractivity contribution in [2.45, 2.75) is 18.8 Å². The van der Waals surface area contributed by atoms with Crippen LogP contribution in [0.2, 0.25) is 0 Å². The molecule has 0 unspecified atom stereocenters. The molecule has 2 heterocycles. The zero-order valence-corrected chi connectivity index (χ0v) is 9.58. The van der Waals surface area contributed by atoms with Crippen molar-refractivity contribution in [3.63, 3.8) is 0 Å². The van der Waals surface area contributed by atoms with E-state index in [1.807, 2.05) is 6.07 Å². The first-order valence-corrected chi connectivity index (χ1v) is 5.77. The van der Waals surface area contributed by atoms with Crippen LogP contribution in [0.1, 0.15) is 34.9 Å². The number of carboxylic acids is 1. The molecule has 0 aromatic carbocycles. The lowest BCUT2D eigenvalue weighted by atomic mass is 10.1. The molecule has 3 rings (SSSR count). The fourth-order valence-corrected chi connectivity index (χ4v) is 1.79. The van der Waals surface area contributed by atoms with Crippen molar-refractivity contribution in [1.29, 1.82) is 0 Å². The molecule has 0 bridgehead atoms. The summed E-state index contributed by atoms with van der Waals surface area (Å²) in [6, 6.07) is 5.35. The Labute approximate surface area is 104 Å². The number of carboxylic acid groups (broad SMARTS) is 1. The highest BCUT2D eigenvalue weighted by atomic mass is 16.4. The van der Waals surface area contributed by atoms with Crippen LogP contribution in [-0.2, 0) is 0 Å². The van der Waals surface area contributed by atoms with Gasteiger partial charge in [0.1, 0.15) is 17.1 Å². The molecule has 1 saturated carbocycles. The minimum Gasteiger partial charge on any atom is -0.478 e. The van der Waals surface area contributed by atoms with Crippen LogP contribution in [0.4, 0.5) is 0 Å². The zero-order chi connectivity index (χ0) is 12.5. The number of aromatic carboxylic acids is 1. The van der Waals surface area contributed by atoms with E-state index in [-0.39, 0.29) is 5.56 Å². The van der Waals surface area contributed by atoms with Crippen molar-refractivity contribution < 1.29 is 9.90 Å². The van der Waals surface area contributed by atoms with Gasteiger partial charge in [-0.2, -0.15) is 0 Å². The lowest BCUT2D eigenvalue weighted by molar-refractivity contribution is 0.0697. The number of aromatic nitrogens is 3. The van der Waals surface area contributed by atoms with E-state index in [9.17, 15) is 4.79 Å². The third kappa shape index (κ3) is 1.95. The predicted molar refractivity (Wildman–Crippen MR) is 64.2 cm³/mol. The van der Waals surface area contributed by atoms with Gasteiger partial charge >= 0.3 is 5.97 Å². The van der Waals surface area contributed by atoms with Gasteiger partial charge in [0, 0.05) is 18.3 Å². The maximum Gasteiger partial charge on any atom is 0.339 e. The SMILES string of the molecule is O=C(O)c1cnc(C2CC2)nc1-c1ccccn1. The molecule has 0 aliphatic heterocycles. The molecule has 5 heteroatoms. The summed E-state index contributed by atoms with van der Waals surface area (Å²) in [6.07, 6.45) is 5.16. The maximum absolute atomic E-state index is 11.2. The highest BCUT2D eigenvalue weighted by Gasteiger charge is 2.28. The number of rotatable bonds is 3. The van der Waals surface area contributed by atoms with Crippen molar-refractivity contribution in [1.82, 2.24) is 15.0 Å². The third-order valence-corrected chi connectivity index (χ3v) is 2.89. The van der Waals surface area contributed by atoms with Crippen LogP contribution in [0.3, 0.4) is 0 Å². The Morgan fingerprint density at radius 3 is 2.72 bits per heavy atom. The summed E-state index contributed by atoms with van der Waals surface area (Å²) in [7, 11) is 0. The summed E-state index contributed by atoms with van der Waals surface area (Å²) in [6.45, 7) is 0. The first kappa shape index (κ1) is 10.8. The molecule has 1 N–H and O–H groups in total. The molecule has 0 saturated heterocycles. The fraction of sp³-hybridized carbons (Fsp3) is 0.231. The van der Waals surface area contributed by atoms with Crippen molar-refractivity contribution in [2.24, 2.45) is 0 Å². The van der Waals surface area contributed by atoms with Gasteiger partial charge in [-0.3, -0.25) is 4.98 Å². The minimum absolute atomic E-state index is 0.0955. The van der Waals surface area contributed by atoms with Gasteiger partial charge in [-0.25, -0.2) is 14.8 Å². The van der Waals surface area contributed by atoms with Crippen LogP contribution in [0.5, 0.6) is 0 Å². The second-order valence-corrected chi connectivity index (χ2v) is 4.28. The summed E-state index contributed by atoms with van der Waals surface area (Å²) in [5.74, 6) is 0.0777. The summed E-state index contributed by atoms with van der Waals surface area (Å²) in [4.78, 5) is 23.8. The zero-order valence-electron chi connectivity index (χ0n) is 9.58. The van der Waals surface area contributed by atoms with Gasteiger partial charge in [0.05, 0.1) is 5.69 Å². The second-order valence-electron chi connectivity index (χ2n) is 4.28. The van der Waals surface area contributed by atoms with Gasteiger partial charge in [0.25, 0.3) is 0 Å². The Bertz CT molecular complexity index is 594. The molecule has 0 atom stereocenters. The number of hydrogen-bond acceptors (Lipinski definition) is 4. The van der Waals surface area contributed by atoms with Gasteiger partial charge in [0.15, 0.2) is 0 Å². The quantitative estimate of drug-likeness (QED) is 0.890. The van der Waals surface area contributed by atoms with Crippen LogP contribution >= 0.6 is 0 Å². The van der Waals surface area contributed by atoms with E-state index < -0.39 is 5.97 Å². The molecule has 1 aliphatic rings.